The highest BCUT2D eigenvalue weighted by Gasteiger charge is 2.21. The first-order valence-corrected chi connectivity index (χ1v) is 9.01. The zero-order chi connectivity index (χ0) is 15.5. The Kier molecular flexibility index (Phi) is 5.24. The zero-order valence-corrected chi connectivity index (χ0v) is 13.5. The average molecular weight is 311 g/mol. The van der Waals surface area contributed by atoms with Gasteiger partial charge in [0.05, 0.1) is 4.90 Å². The number of nitrogens with one attached hydrogen (secondary N) is 2. The van der Waals surface area contributed by atoms with Crippen LogP contribution in [-0.4, -0.2) is 26.5 Å². The summed E-state index contributed by atoms with van der Waals surface area (Å²) in [5.41, 5.74) is 7.03. The lowest BCUT2D eigenvalue weighted by Gasteiger charge is -2.30. The van der Waals surface area contributed by atoms with E-state index in [0.717, 1.165) is 18.5 Å². The van der Waals surface area contributed by atoms with Crippen molar-refractivity contribution in [3.05, 3.63) is 24.3 Å². The molecule has 0 saturated heterocycles. The first kappa shape index (κ1) is 16.3. The third-order valence-corrected chi connectivity index (χ3v) is 5.40. The molecule has 0 unspecified atom stereocenters. The number of benzene rings is 1. The van der Waals surface area contributed by atoms with Gasteiger partial charge >= 0.3 is 0 Å². The lowest BCUT2D eigenvalue weighted by Crippen LogP contribution is -2.42. The summed E-state index contributed by atoms with van der Waals surface area (Å²) in [6.45, 7) is 3.61. The van der Waals surface area contributed by atoms with E-state index >= 15 is 0 Å². The van der Waals surface area contributed by atoms with Crippen molar-refractivity contribution in [2.45, 2.75) is 62.6 Å². The molecule has 0 spiro atoms. The van der Waals surface area contributed by atoms with Gasteiger partial charge in [0.2, 0.25) is 10.0 Å². The van der Waals surface area contributed by atoms with Crippen LogP contribution in [0.4, 0.5) is 5.69 Å². The molecular weight excluding hydrogens is 286 g/mol. The van der Waals surface area contributed by atoms with Gasteiger partial charge in [-0.2, -0.15) is 0 Å². The van der Waals surface area contributed by atoms with Gasteiger partial charge in [-0.25, -0.2) is 13.1 Å². The highest BCUT2D eigenvalue weighted by atomic mass is 32.2. The van der Waals surface area contributed by atoms with Gasteiger partial charge in [-0.3, -0.25) is 0 Å². The van der Waals surface area contributed by atoms with Gasteiger partial charge in [-0.1, -0.05) is 12.8 Å². The van der Waals surface area contributed by atoms with Gasteiger partial charge in [0.25, 0.3) is 0 Å². The second-order valence-corrected chi connectivity index (χ2v) is 7.71. The summed E-state index contributed by atoms with van der Waals surface area (Å²) in [5.74, 6) is 0. The maximum absolute atomic E-state index is 12.0. The molecular formula is C15H25N3O2S. The Morgan fingerprint density at radius 3 is 2.33 bits per heavy atom. The molecule has 0 aliphatic heterocycles. The summed E-state index contributed by atoms with van der Waals surface area (Å²) >= 11 is 0. The smallest absolute Gasteiger partial charge is 0.240 e. The Balaban J connectivity index is 2.05. The van der Waals surface area contributed by atoms with Crippen molar-refractivity contribution in [1.29, 1.82) is 0 Å². The number of hydrogen-bond acceptors (Lipinski definition) is 4. The summed E-state index contributed by atoms with van der Waals surface area (Å²) in [4.78, 5) is 0.287. The quantitative estimate of drug-likeness (QED) is 0.777. The van der Waals surface area contributed by atoms with Gasteiger partial charge < -0.3 is 11.1 Å². The maximum Gasteiger partial charge on any atom is 0.240 e. The molecule has 0 bridgehead atoms. The second kappa shape index (κ2) is 6.77. The number of sulfonamides is 1. The SMILES string of the molecule is CC(C)NS(=O)(=O)c1ccc(N[C@@H]2CCCC[C@H]2N)cc1. The van der Waals surface area contributed by atoms with Crippen LogP contribution in [0.5, 0.6) is 0 Å². The van der Waals surface area contributed by atoms with E-state index in [1.165, 1.54) is 12.8 Å². The minimum absolute atomic E-state index is 0.118. The number of hydrogen-bond donors (Lipinski definition) is 3. The molecule has 1 saturated carbocycles. The number of rotatable bonds is 5. The largest absolute Gasteiger partial charge is 0.381 e. The molecule has 1 aromatic carbocycles. The minimum atomic E-state index is -3.42. The highest BCUT2D eigenvalue weighted by Crippen LogP contribution is 2.22. The van der Waals surface area contributed by atoms with Gasteiger partial charge in [0, 0.05) is 23.8 Å². The molecule has 1 fully saturated rings. The number of nitrogens with two attached hydrogens (primary N) is 1. The van der Waals surface area contributed by atoms with Gasteiger partial charge in [0.1, 0.15) is 0 Å². The van der Waals surface area contributed by atoms with Crippen LogP contribution in [0.2, 0.25) is 0 Å². The van der Waals surface area contributed by atoms with Gasteiger partial charge in [0.15, 0.2) is 0 Å². The standard InChI is InChI=1S/C15H25N3O2S/c1-11(2)18-21(19,20)13-9-7-12(8-10-13)17-15-6-4-3-5-14(15)16/h7-11,14-15,17-18H,3-6,16H2,1-2H3/t14-,15-/m1/s1. The molecule has 118 valence electrons. The molecule has 2 atom stereocenters. The molecule has 2 rings (SSSR count). The van der Waals surface area contributed by atoms with Crippen molar-refractivity contribution in [3.63, 3.8) is 0 Å². The Hall–Kier alpha value is -1.11. The lowest BCUT2D eigenvalue weighted by molar-refractivity contribution is 0.404. The second-order valence-electron chi connectivity index (χ2n) is 6.00. The molecule has 1 aliphatic rings. The fraction of sp³-hybridized carbons (Fsp3) is 0.600. The monoisotopic (exact) mass is 311 g/mol. The molecule has 1 aromatic rings. The lowest BCUT2D eigenvalue weighted by atomic mass is 9.91. The van der Waals surface area contributed by atoms with E-state index in [2.05, 4.69) is 10.0 Å². The van der Waals surface area contributed by atoms with E-state index in [-0.39, 0.29) is 23.0 Å². The molecule has 4 N–H and O–H groups in total. The molecule has 0 radical (unpaired) electrons. The maximum atomic E-state index is 12.0. The topological polar surface area (TPSA) is 84.2 Å². The van der Waals surface area contributed by atoms with Crippen LogP contribution in [0, 0.1) is 0 Å². The van der Waals surface area contributed by atoms with Crippen molar-refractivity contribution >= 4 is 15.7 Å². The van der Waals surface area contributed by atoms with E-state index in [9.17, 15) is 8.42 Å². The average Bonchev–Trinajstić information content (AvgIpc) is 2.40. The Morgan fingerprint density at radius 1 is 1.14 bits per heavy atom. The first-order chi connectivity index (χ1) is 9.88. The third kappa shape index (κ3) is 4.43. The van der Waals surface area contributed by atoms with Crippen molar-refractivity contribution in [3.8, 4) is 0 Å². The van der Waals surface area contributed by atoms with Crippen molar-refractivity contribution in [1.82, 2.24) is 4.72 Å². The molecule has 0 amide bonds. The van der Waals surface area contributed by atoms with Crippen molar-refractivity contribution < 1.29 is 8.42 Å². The molecule has 6 heteroatoms. The van der Waals surface area contributed by atoms with E-state index in [0.29, 0.717) is 0 Å². The normalized spacial score (nSPS) is 23.2. The summed E-state index contributed by atoms with van der Waals surface area (Å²) in [7, 11) is -3.42. The fourth-order valence-electron chi connectivity index (χ4n) is 2.66. The molecule has 1 aliphatic carbocycles. The van der Waals surface area contributed by atoms with Crippen LogP contribution in [0.3, 0.4) is 0 Å². The van der Waals surface area contributed by atoms with Crippen LogP contribution in [0.15, 0.2) is 29.2 Å². The minimum Gasteiger partial charge on any atom is -0.381 e. The molecule has 21 heavy (non-hydrogen) atoms. The van der Waals surface area contributed by atoms with Crippen molar-refractivity contribution in [2.75, 3.05) is 5.32 Å². The molecule has 0 heterocycles. The van der Waals surface area contributed by atoms with E-state index in [1.807, 2.05) is 0 Å². The Bertz CT molecular complexity index is 555. The van der Waals surface area contributed by atoms with E-state index in [1.54, 1.807) is 38.1 Å². The summed E-state index contributed by atoms with van der Waals surface area (Å²) in [5, 5.41) is 3.41. The van der Waals surface area contributed by atoms with Crippen LogP contribution in [-0.2, 0) is 10.0 Å². The van der Waals surface area contributed by atoms with Crippen LogP contribution in [0.1, 0.15) is 39.5 Å². The van der Waals surface area contributed by atoms with Gasteiger partial charge in [-0.15, -0.1) is 0 Å². The van der Waals surface area contributed by atoms with E-state index < -0.39 is 10.0 Å². The number of anilines is 1. The van der Waals surface area contributed by atoms with E-state index in [4.69, 9.17) is 5.73 Å². The summed E-state index contributed by atoms with van der Waals surface area (Å²) in [6, 6.07) is 7.18. The Morgan fingerprint density at radius 2 is 1.76 bits per heavy atom. The summed E-state index contributed by atoms with van der Waals surface area (Å²) < 4.78 is 26.7. The van der Waals surface area contributed by atoms with Crippen LogP contribution < -0.4 is 15.8 Å². The highest BCUT2D eigenvalue weighted by molar-refractivity contribution is 7.89. The molecule has 0 aromatic heterocycles. The predicted molar refractivity (Wildman–Crippen MR) is 85.8 cm³/mol. The van der Waals surface area contributed by atoms with Crippen LogP contribution >= 0.6 is 0 Å². The predicted octanol–water partition coefficient (Wildman–Crippen LogP) is 2.06. The third-order valence-electron chi connectivity index (χ3n) is 3.73. The fourth-order valence-corrected chi connectivity index (χ4v) is 3.91. The zero-order valence-electron chi connectivity index (χ0n) is 12.7. The van der Waals surface area contributed by atoms with Crippen LogP contribution in [0.25, 0.3) is 0 Å². The van der Waals surface area contributed by atoms with Gasteiger partial charge in [-0.05, 0) is 51.0 Å². The first-order valence-electron chi connectivity index (χ1n) is 7.53. The molecule has 5 nitrogen and oxygen atoms in total. The summed E-state index contributed by atoms with van der Waals surface area (Å²) in [6.07, 6.45) is 4.49. The van der Waals surface area contributed by atoms with Crippen molar-refractivity contribution in [2.24, 2.45) is 5.73 Å². The Labute approximate surface area is 127 Å².